The maximum absolute atomic E-state index is 14.0. The number of likely N-dealkylation sites (tertiary alicyclic amines) is 1. The summed E-state index contributed by atoms with van der Waals surface area (Å²) in [5.41, 5.74) is -0.0971. The van der Waals surface area contributed by atoms with E-state index in [9.17, 15) is 19.1 Å². The summed E-state index contributed by atoms with van der Waals surface area (Å²) in [6.07, 6.45) is 1.13. The fraction of sp³-hybridized carbons (Fsp3) is 0.429. The molecule has 4 nitrogen and oxygen atoms in total. The maximum Gasteiger partial charge on any atom is 0.326 e. The molecule has 0 bridgehead atoms. The first kappa shape index (κ1) is 15.0. The molecule has 108 valence electrons. The van der Waals surface area contributed by atoms with Gasteiger partial charge in [0.2, 0.25) is 0 Å². The number of aliphatic carboxylic acids is 1. The molecule has 2 atom stereocenters. The number of hydrogen-bond donors (Lipinski definition) is 1. The molecule has 1 heterocycles. The SMILES string of the molecule is CC1CCN(C(=O)c2cccc(Br)c2F)C(C(=O)O)C1. The Balaban J connectivity index is 2.31. The van der Waals surface area contributed by atoms with E-state index in [4.69, 9.17) is 0 Å². The van der Waals surface area contributed by atoms with E-state index < -0.39 is 23.7 Å². The van der Waals surface area contributed by atoms with Crippen LogP contribution in [0, 0.1) is 11.7 Å². The Morgan fingerprint density at radius 1 is 1.45 bits per heavy atom. The van der Waals surface area contributed by atoms with Crippen LogP contribution in [0.3, 0.4) is 0 Å². The van der Waals surface area contributed by atoms with Gasteiger partial charge in [0.15, 0.2) is 0 Å². The van der Waals surface area contributed by atoms with Crippen LogP contribution in [0.2, 0.25) is 0 Å². The lowest BCUT2D eigenvalue weighted by Crippen LogP contribution is -2.50. The van der Waals surface area contributed by atoms with Gasteiger partial charge in [0.1, 0.15) is 11.9 Å². The van der Waals surface area contributed by atoms with Crippen LogP contribution in [-0.2, 0) is 4.79 Å². The van der Waals surface area contributed by atoms with Crippen molar-refractivity contribution < 1.29 is 19.1 Å². The van der Waals surface area contributed by atoms with Gasteiger partial charge in [-0.15, -0.1) is 0 Å². The molecule has 1 N–H and O–H groups in total. The van der Waals surface area contributed by atoms with Crippen molar-refractivity contribution in [2.24, 2.45) is 5.92 Å². The molecule has 1 aromatic rings. The highest BCUT2D eigenvalue weighted by molar-refractivity contribution is 9.10. The number of rotatable bonds is 2. The molecule has 1 amide bonds. The summed E-state index contributed by atoms with van der Waals surface area (Å²) in [4.78, 5) is 25.0. The largest absolute Gasteiger partial charge is 0.480 e. The lowest BCUT2D eigenvalue weighted by atomic mass is 9.92. The molecular formula is C14H15BrFNO3. The van der Waals surface area contributed by atoms with Gasteiger partial charge in [-0.1, -0.05) is 13.0 Å². The van der Waals surface area contributed by atoms with Gasteiger partial charge >= 0.3 is 5.97 Å². The third-order valence-corrected chi connectivity index (χ3v) is 4.21. The van der Waals surface area contributed by atoms with Gasteiger partial charge < -0.3 is 10.0 Å². The van der Waals surface area contributed by atoms with Crippen molar-refractivity contribution in [3.63, 3.8) is 0 Å². The van der Waals surface area contributed by atoms with Gasteiger partial charge in [0.05, 0.1) is 10.0 Å². The van der Waals surface area contributed by atoms with E-state index in [0.29, 0.717) is 13.0 Å². The van der Waals surface area contributed by atoms with Gasteiger partial charge in [0, 0.05) is 6.54 Å². The second-order valence-electron chi connectivity index (χ2n) is 5.08. The maximum atomic E-state index is 14.0. The summed E-state index contributed by atoms with van der Waals surface area (Å²) in [5, 5.41) is 9.25. The summed E-state index contributed by atoms with van der Waals surface area (Å²) < 4.78 is 14.2. The summed E-state index contributed by atoms with van der Waals surface area (Å²) in [7, 11) is 0. The van der Waals surface area contributed by atoms with Crippen molar-refractivity contribution in [3.8, 4) is 0 Å². The summed E-state index contributed by atoms with van der Waals surface area (Å²) in [5.74, 6) is -2.02. The first-order valence-corrected chi connectivity index (χ1v) is 7.19. The third kappa shape index (κ3) is 2.85. The molecule has 0 aromatic heterocycles. The van der Waals surface area contributed by atoms with Crippen molar-refractivity contribution in [2.75, 3.05) is 6.54 Å². The van der Waals surface area contributed by atoms with Crippen LogP contribution < -0.4 is 0 Å². The van der Waals surface area contributed by atoms with E-state index in [0.717, 1.165) is 6.42 Å². The van der Waals surface area contributed by atoms with Crippen LogP contribution in [0.5, 0.6) is 0 Å². The molecule has 2 unspecified atom stereocenters. The Hall–Kier alpha value is -1.43. The lowest BCUT2D eigenvalue weighted by Gasteiger charge is -2.36. The topological polar surface area (TPSA) is 57.6 Å². The number of carboxylic acids is 1. The summed E-state index contributed by atoms with van der Waals surface area (Å²) in [6, 6.07) is 3.55. The molecule has 1 aromatic carbocycles. The Morgan fingerprint density at radius 3 is 2.80 bits per heavy atom. The van der Waals surface area contributed by atoms with E-state index in [1.165, 1.54) is 17.0 Å². The second-order valence-corrected chi connectivity index (χ2v) is 5.94. The van der Waals surface area contributed by atoms with Gasteiger partial charge in [-0.2, -0.15) is 0 Å². The highest BCUT2D eigenvalue weighted by Crippen LogP contribution is 2.26. The van der Waals surface area contributed by atoms with E-state index >= 15 is 0 Å². The number of halogens is 2. The zero-order chi connectivity index (χ0) is 14.9. The third-order valence-electron chi connectivity index (χ3n) is 3.59. The van der Waals surface area contributed by atoms with E-state index in [-0.39, 0.29) is 16.0 Å². The van der Waals surface area contributed by atoms with Crippen LogP contribution in [0.4, 0.5) is 4.39 Å². The minimum absolute atomic E-state index is 0.0971. The number of carbonyl (C=O) groups excluding carboxylic acids is 1. The molecule has 0 radical (unpaired) electrons. The normalized spacial score (nSPS) is 22.6. The number of nitrogens with zero attached hydrogens (tertiary/aromatic N) is 1. The quantitative estimate of drug-likeness (QED) is 0.898. The minimum atomic E-state index is -1.04. The lowest BCUT2D eigenvalue weighted by molar-refractivity contribution is -0.144. The smallest absolute Gasteiger partial charge is 0.326 e. The highest BCUT2D eigenvalue weighted by atomic mass is 79.9. The number of benzene rings is 1. The predicted molar refractivity (Wildman–Crippen MR) is 75.0 cm³/mol. The Kier molecular flexibility index (Phi) is 4.42. The van der Waals surface area contributed by atoms with Gasteiger partial charge in [-0.25, -0.2) is 9.18 Å². The second kappa shape index (κ2) is 5.91. The number of carbonyl (C=O) groups is 2. The zero-order valence-electron chi connectivity index (χ0n) is 11.0. The van der Waals surface area contributed by atoms with Gasteiger partial charge in [-0.05, 0) is 46.8 Å². The molecule has 1 saturated heterocycles. The number of piperidine rings is 1. The van der Waals surface area contributed by atoms with Crippen LogP contribution in [0.25, 0.3) is 0 Å². The zero-order valence-corrected chi connectivity index (χ0v) is 12.6. The van der Waals surface area contributed by atoms with Crippen LogP contribution in [-0.4, -0.2) is 34.5 Å². The summed E-state index contributed by atoms with van der Waals surface area (Å²) >= 11 is 3.03. The molecule has 1 aliphatic rings. The average molecular weight is 344 g/mol. The van der Waals surface area contributed by atoms with Crippen molar-refractivity contribution in [1.29, 1.82) is 0 Å². The molecule has 2 rings (SSSR count). The molecule has 0 aliphatic carbocycles. The van der Waals surface area contributed by atoms with Crippen molar-refractivity contribution in [2.45, 2.75) is 25.8 Å². The van der Waals surface area contributed by atoms with Gasteiger partial charge in [-0.3, -0.25) is 4.79 Å². The standard InChI is InChI=1S/C14H15BrFNO3/c1-8-5-6-17(11(7-8)14(19)20)13(18)9-3-2-4-10(15)12(9)16/h2-4,8,11H,5-7H2,1H3,(H,19,20). The number of carboxylic acid groups (broad SMARTS) is 1. The number of hydrogen-bond acceptors (Lipinski definition) is 2. The molecule has 0 spiro atoms. The van der Waals surface area contributed by atoms with Crippen LogP contribution in [0.1, 0.15) is 30.1 Å². The highest BCUT2D eigenvalue weighted by Gasteiger charge is 2.36. The Morgan fingerprint density at radius 2 is 2.15 bits per heavy atom. The fourth-order valence-corrected chi connectivity index (χ4v) is 2.81. The average Bonchev–Trinajstić information content (AvgIpc) is 2.41. The Labute approximate surface area is 124 Å². The Bertz CT molecular complexity index is 549. The monoisotopic (exact) mass is 343 g/mol. The first-order chi connectivity index (χ1) is 9.41. The molecule has 20 heavy (non-hydrogen) atoms. The van der Waals surface area contributed by atoms with Crippen molar-refractivity contribution >= 4 is 27.8 Å². The number of amides is 1. The van der Waals surface area contributed by atoms with Crippen molar-refractivity contribution in [3.05, 3.63) is 34.1 Å². The van der Waals surface area contributed by atoms with Crippen LogP contribution >= 0.6 is 15.9 Å². The molecule has 1 aliphatic heterocycles. The predicted octanol–water partition coefficient (Wildman–Crippen LogP) is 2.91. The molecular weight excluding hydrogens is 329 g/mol. The molecule has 1 fully saturated rings. The molecule has 6 heteroatoms. The van der Waals surface area contributed by atoms with Gasteiger partial charge in [0.25, 0.3) is 5.91 Å². The fourth-order valence-electron chi connectivity index (χ4n) is 2.44. The van der Waals surface area contributed by atoms with E-state index in [1.807, 2.05) is 6.92 Å². The summed E-state index contributed by atoms with van der Waals surface area (Å²) in [6.45, 7) is 2.29. The minimum Gasteiger partial charge on any atom is -0.480 e. The van der Waals surface area contributed by atoms with E-state index in [1.54, 1.807) is 6.07 Å². The molecule has 0 saturated carbocycles. The van der Waals surface area contributed by atoms with Crippen molar-refractivity contribution in [1.82, 2.24) is 4.90 Å². The van der Waals surface area contributed by atoms with E-state index in [2.05, 4.69) is 15.9 Å². The van der Waals surface area contributed by atoms with Crippen LogP contribution in [0.15, 0.2) is 22.7 Å². The first-order valence-electron chi connectivity index (χ1n) is 6.39.